The van der Waals surface area contributed by atoms with Crippen LogP contribution in [0, 0.1) is 0 Å². The molecule has 1 aliphatic rings. The fourth-order valence-electron chi connectivity index (χ4n) is 4.11. The lowest BCUT2D eigenvalue weighted by Crippen LogP contribution is -2.31. The quantitative estimate of drug-likeness (QED) is 0.174. The highest BCUT2D eigenvalue weighted by atomic mass is 79.9. The van der Waals surface area contributed by atoms with Crippen LogP contribution in [0.3, 0.4) is 0 Å². The van der Waals surface area contributed by atoms with Gasteiger partial charge in [-0.3, -0.25) is 19.0 Å². The molecule has 8 nitrogen and oxygen atoms in total. The summed E-state index contributed by atoms with van der Waals surface area (Å²) in [7, 11) is 0. The Labute approximate surface area is 225 Å². The normalized spacial score (nSPS) is 15.2. The van der Waals surface area contributed by atoms with E-state index in [9.17, 15) is 14.4 Å². The van der Waals surface area contributed by atoms with Crippen molar-refractivity contribution in [3.05, 3.63) is 92.6 Å². The van der Waals surface area contributed by atoms with Crippen molar-refractivity contribution < 1.29 is 18.7 Å². The number of fused-ring (bicyclic) bond motifs is 1. The minimum Gasteiger partial charge on any atom is -0.467 e. The smallest absolute Gasteiger partial charge is 0.262 e. The molecule has 37 heavy (non-hydrogen) atoms. The van der Waals surface area contributed by atoms with Crippen molar-refractivity contribution >= 4 is 50.3 Å². The highest BCUT2D eigenvalue weighted by Crippen LogP contribution is 2.22. The number of nitrogens with one attached hydrogen (secondary N) is 1. The summed E-state index contributed by atoms with van der Waals surface area (Å²) in [4.78, 5) is 43.7. The molecule has 10 heteroatoms. The second kappa shape index (κ2) is 11.5. The third kappa shape index (κ3) is 6.03. The number of benzene rings is 2. The Morgan fingerprint density at radius 3 is 2.68 bits per heavy atom. The molecule has 0 aliphatic carbocycles. The van der Waals surface area contributed by atoms with E-state index in [0.29, 0.717) is 39.5 Å². The Balaban J connectivity index is 1.43. The van der Waals surface area contributed by atoms with Gasteiger partial charge in [0.1, 0.15) is 5.76 Å². The van der Waals surface area contributed by atoms with E-state index in [1.165, 1.54) is 16.3 Å². The summed E-state index contributed by atoms with van der Waals surface area (Å²) >= 11 is 4.55. The van der Waals surface area contributed by atoms with E-state index in [-0.39, 0.29) is 35.7 Å². The summed E-state index contributed by atoms with van der Waals surface area (Å²) in [6, 6.07) is 15.5. The van der Waals surface area contributed by atoms with Crippen molar-refractivity contribution in [3.8, 4) is 0 Å². The molecule has 0 spiro atoms. The van der Waals surface area contributed by atoms with Crippen LogP contribution in [0.2, 0.25) is 0 Å². The molecular formula is C27H24BrN3O5S. The molecule has 2 aromatic heterocycles. The number of carbonyl (C=O) groups excluding carboxylic acids is 2. The molecule has 2 aromatic carbocycles. The Morgan fingerprint density at radius 1 is 1.14 bits per heavy atom. The molecular weight excluding hydrogens is 558 g/mol. The van der Waals surface area contributed by atoms with E-state index >= 15 is 0 Å². The summed E-state index contributed by atoms with van der Waals surface area (Å²) < 4.78 is 13.4. The van der Waals surface area contributed by atoms with Gasteiger partial charge in [0.05, 0.1) is 35.6 Å². The fraction of sp³-hybridized carbons (Fsp3) is 0.259. The van der Waals surface area contributed by atoms with Crippen LogP contribution in [0.5, 0.6) is 0 Å². The van der Waals surface area contributed by atoms with E-state index in [1.807, 2.05) is 12.1 Å². The van der Waals surface area contributed by atoms with Crippen LogP contribution in [0.1, 0.15) is 39.3 Å². The zero-order chi connectivity index (χ0) is 25.8. The second-order valence-electron chi connectivity index (χ2n) is 8.66. The minimum absolute atomic E-state index is 0.0302. The van der Waals surface area contributed by atoms with Gasteiger partial charge in [-0.05, 0) is 55.3 Å². The van der Waals surface area contributed by atoms with Crippen molar-refractivity contribution in [2.24, 2.45) is 0 Å². The summed E-state index contributed by atoms with van der Waals surface area (Å²) in [5.41, 5.74) is 1.10. The maximum atomic E-state index is 13.5. The number of ketones is 1. The zero-order valence-corrected chi connectivity index (χ0v) is 22.2. The average Bonchev–Trinajstić information content (AvgIpc) is 3.62. The van der Waals surface area contributed by atoms with Crippen LogP contribution in [0.4, 0.5) is 0 Å². The van der Waals surface area contributed by atoms with Crippen LogP contribution >= 0.6 is 27.7 Å². The standard InChI is InChI=1S/C27H24BrN3O5S/c28-19-8-5-17(6-9-19)24(32)16-37-27-30-23-13-18(25(33)29-14-20-3-1-11-35-20)7-10-22(23)26(34)31(27)15-21-4-2-12-36-21/h2,4-10,12-13,20H,1,3,11,14-16H2,(H,29,33). The number of thioether (sulfide) groups is 1. The average molecular weight is 582 g/mol. The van der Waals surface area contributed by atoms with Crippen LogP contribution in [-0.4, -0.2) is 46.2 Å². The number of Topliss-reactive ketones (excluding diaryl/α,β-unsaturated/α-hetero) is 1. The molecule has 1 N–H and O–H groups in total. The maximum absolute atomic E-state index is 13.5. The van der Waals surface area contributed by atoms with E-state index < -0.39 is 0 Å². The Bertz CT molecular complexity index is 1480. The van der Waals surface area contributed by atoms with E-state index in [4.69, 9.17) is 14.1 Å². The van der Waals surface area contributed by atoms with Gasteiger partial charge < -0.3 is 14.5 Å². The third-order valence-corrected chi connectivity index (χ3v) is 7.59. The van der Waals surface area contributed by atoms with Crippen LogP contribution in [0.25, 0.3) is 10.9 Å². The van der Waals surface area contributed by atoms with Gasteiger partial charge in [0.25, 0.3) is 11.5 Å². The monoisotopic (exact) mass is 581 g/mol. The van der Waals surface area contributed by atoms with Crippen molar-refractivity contribution in [2.45, 2.75) is 30.6 Å². The van der Waals surface area contributed by atoms with Crippen molar-refractivity contribution in [2.75, 3.05) is 18.9 Å². The maximum Gasteiger partial charge on any atom is 0.262 e. The fourth-order valence-corrected chi connectivity index (χ4v) is 5.27. The first-order valence-corrected chi connectivity index (χ1v) is 13.6. The highest BCUT2D eigenvalue weighted by molar-refractivity contribution is 9.10. The number of aromatic nitrogens is 2. The molecule has 1 aliphatic heterocycles. The lowest BCUT2D eigenvalue weighted by molar-refractivity contribution is 0.0857. The van der Waals surface area contributed by atoms with Gasteiger partial charge in [-0.2, -0.15) is 0 Å². The first kappa shape index (κ1) is 25.4. The summed E-state index contributed by atoms with van der Waals surface area (Å²) in [5.74, 6) is 0.353. The Morgan fingerprint density at radius 2 is 1.95 bits per heavy atom. The first-order chi connectivity index (χ1) is 18.0. The lowest BCUT2D eigenvalue weighted by atomic mass is 10.1. The lowest BCUT2D eigenvalue weighted by Gasteiger charge is -2.13. The third-order valence-electron chi connectivity index (χ3n) is 6.09. The van der Waals surface area contributed by atoms with Crippen LogP contribution < -0.4 is 10.9 Å². The molecule has 190 valence electrons. The molecule has 1 fully saturated rings. The van der Waals surface area contributed by atoms with Gasteiger partial charge in [0, 0.05) is 28.8 Å². The van der Waals surface area contributed by atoms with Crippen molar-refractivity contribution in [3.63, 3.8) is 0 Å². The van der Waals surface area contributed by atoms with E-state index in [0.717, 1.165) is 23.9 Å². The molecule has 1 amide bonds. The molecule has 0 saturated carbocycles. The second-order valence-corrected chi connectivity index (χ2v) is 10.5. The zero-order valence-electron chi connectivity index (χ0n) is 19.8. The van der Waals surface area contributed by atoms with Gasteiger partial charge in [-0.15, -0.1) is 0 Å². The molecule has 1 atom stereocenters. The van der Waals surface area contributed by atoms with Gasteiger partial charge >= 0.3 is 0 Å². The molecule has 1 unspecified atom stereocenters. The number of amides is 1. The predicted octanol–water partition coefficient (Wildman–Crippen LogP) is 4.68. The number of nitrogens with zero attached hydrogens (tertiary/aromatic N) is 2. The van der Waals surface area contributed by atoms with Crippen molar-refractivity contribution in [1.29, 1.82) is 0 Å². The Kier molecular flexibility index (Phi) is 7.87. The number of halogens is 1. The van der Waals surface area contributed by atoms with E-state index in [2.05, 4.69) is 21.2 Å². The van der Waals surface area contributed by atoms with Gasteiger partial charge in [0.2, 0.25) is 0 Å². The molecule has 3 heterocycles. The number of rotatable bonds is 9. The van der Waals surface area contributed by atoms with Crippen LogP contribution in [-0.2, 0) is 11.3 Å². The number of hydrogen-bond donors (Lipinski definition) is 1. The summed E-state index contributed by atoms with van der Waals surface area (Å²) in [5, 5.41) is 3.65. The van der Waals surface area contributed by atoms with Gasteiger partial charge in [-0.1, -0.05) is 39.8 Å². The van der Waals surface area contributed by atoms with Gasteiger partial charge in [-0.25, -0.2) is 4.98 Å². The topological polar surface area (TPSA) is 103 Å². The predicted molar refractivity (Wildman–Crippen MR) is 144 cm³/mol. The minimum atomic E-state index is -0.272. The number of furan rings is 1. The Hall–Kier alpha value is -3.21. The largest absolute Gasteiger partial charge is 0.467 e. The first-order valence-electron chi connectivity index (χ1n) is 11.9. The number of carbonyl (C=O) groups is 2. The van der Waals surface area contributed by atoms with Crippen LogP contribution in [0.15, 0.2) is 79.7 Å². The molecule has 0 radical (unpaired) electrons. The molecule has 1 saturated heterocycles. The molecule has 5 rings (SSSR count). The number of hydrogen-bond acceptors (Lipinski definition) is 7. The highest BCUT2D eigenvalue weighted by Gasteiger charge is 2.19. The van der Waals surface area contributed by atoms with E-state index in [1.54, 1.807) is 48.7 Å². The summed E-state index contributed by atoms with van der Waals surface area (Å²) in [6.07, 6.45) is 3.49. The summed E-state index contributed by atoms with van der Waals surface area (Å²) in [6.45, 7) is 1.33. The SMILES string of the molecule is O=C(CSc1nc2cc(C(=O)NCC3CCCO3)ccc2c(=O)n1Cc1ccco1)c1ccc(Br)cc1. The van der Waals surface area contributed by atoms with Crippen molar-refractivity contribution in [1.82, 2.24) is 14.9 Å². The number of ether oxygens (including phenoxy) is 1. The van der Waals surface area contributed by atoms with Gasteiger partial charge in [0.15, 0.2) is 10.9 Å². The molecule has 0 bridgehead atoms. The molecule has 4 aromatic rings.